The van der Waals surface area contributed by atoms with E-state index in [1.807, 2.05) is 19.0 Å². The second-order valence-corrected chi connectivity index (χ2v) is 6.99. The fourth-order valence-electron chi connectivity index (χ4n) is 2.91. The number of carbonyl (C=O) groups is 1. The van der Waals surface area contributed by atoms with E-state index in [2.05, 4.69) is 20.3 Å². The van der Waals surface area contributed by atoms with Crippen LogP contribution in [0.3, 0.4) is 0 Å². The molecule has 164 valence electrons. The van der Waals surface area contributed by atoms with E-state index in [-0.39, 0.29) is 28.3 Å². The predicted octanol–water partition coefficient (Wildman–Crippen LogP) is 3.11. The Labute approximate surface area is 175 Å². The van der Waals surface area contributed by atoms with E-state index in [0.717, 1.165) is 12.1 Å². The lowest BCUT2D eigenvalue weighted by molar-refractivity contribution is -0.136. The molecule has 0 bridgehead atoms. The average molecular weight is 434 g/mol. The van der Waals surface area contributed by atoms with Crippen LogP contribution < -0.4 is 15.8 Å². The number of alkyl halides is 3. The molecule has 8 nitrogen and oxygen atoms in total. The number of pyridine rings is 1. The minimum Gasteiger partial charge on any atom is -0.457 e. The number of carbonyl (C=O) groups excluding carboxylic acids is 1. The maximum atomic E-state index is 13.7. The first-order valence-electron chi connectivity index (χ1n) is 9.14. The van der Waals surface area contributed by atoms with Crippen LogP contribution >= 0.6 is 0 Å². The Kier molecular flexibility index (Phi) is 6.16. The van der Waals surface area contributed by atoms with Gasteiger partial charge in [0.15, 0.2) is 5.96 Å². The summed E-state index contributed by atoms with van der Waals surface area (Å²) >= 11 is 0. The Bertz CT molecular complexity index is 1140. The Morgan fingerprint density at radius 2 is 2.00 bits per heavy atom. The topological polar surface area (TPSA) is 109 Å². The lowest BCUT2D eigenvalue weighted by atomic mass is 10.1. The number of nitrogens with one attached hydrogen (secondary N) is 2. The largest absolute Gasteiger partial charge is 0.457 e. The van der Waals surface area contributed by atoms with Gasteiger partial charge in [0.2, 0.25) is 0 Å². The molecular weight excluding hydrogens is 413 g/mol. The number of benzene rings is 1. The first-order chi connectivity index (χ1) is 14.6. The van der Waals surface area contributed by atoms with E-state index in [4.69, 9.17) is 10.5 Å². The smallest absolute Gasteiger partial charge is 0.417 e. The van der Waals surface area contributed by atoms with Crippen LogP contribution in [0.2, 0.25) is 0 Å². The molecule has 0 unspecified atom stereocenters. The van der Waals surface area contributed by atoms with Gasteiger partial charge < -0.3 is 25.7 Å². The second kappa shape index (κ2) is 8.64. The number of fused-ring (bicyclic) bond motifs is 1. The number of rotatable bonds is 5. The highest BCUT2D eigenvalue weighted by molar-refractivity contribution is 6.04. The number of guanidine groups is 1. The standard InChI is InChI=1S/C20H21F3N6O2/c1-25-19(24)28-18(30)17-9-14-15(20(21,22)23)7-13(8-16(14)27-17)31-12-4-5-26-11(6-12)10-29(2)3/h4-9,27H,10H2,1-3H3,(H3,24,25,28,30). The first-order valence-corrected chi connectivity index (χ1v) is 9.14. The van der Waals surface area contributed by atoms with Crippen molar-refractivity contribution in [3.8, 4) is 11.5 Å². The van der Waals surface area contributed by atoms with Crippen LogP contribution in [0, 0.1) is 0 Å². The van der Waals surface area contributed by atoms with Crippen LogP contribution in [0.15, 0.2) is 41.5 Å². The zero-order valence-electron chi connectivity index (χ0n) is 17.0. The Morgan fingerprint density at radius 1 is 1.26 bits per heavy atom. The summed E-state index contributed by atoms with van der Waals surface area (Å²) in [6.45, 7) is 0.544. The fraction of sp³-hybridized carbons (Fsp3) is 0.250. The van der Waals surface area contributed by atoms with E-state index in [9.17, 15) is 18.0 Å². The summed E-state index contributed by atoms with van der Waals surface area (Å²) in [6.07, 6.45) is -3.14. The van der Waals surface area contributed by atoms with Gasteiger partial charge in [0.1, 0.15) is 17.2 Å². The number of nitrogens with two attached hydrogens (primary N) is 1. The number of halogens is 3. The molecule has 1 aromatic carbocycles. The lowest BCUT2D eigenvalue weighted by Crippen LogP contribution is -2.28. The van der Waals surface area contributed by atoms with Crippen LogP contribution in [0.4, 0.5) is 13.2 Å². The van der Waals surface area contributed by atoms with Crippen molar-refractivity contribution in [2.45, 2.75) is 12.7 Å². The summed E-state index contributed by atoms with van der Waals surface area (Å²) in [5, 5.41) is 2.30. The molecule has 2 aromatic heterocycles. The van der Waals surface area contributed by atoms with E-state index in [1.54, 1.807) is 12.1 Å². The van der Waals surface area contributed by atoms with Crippen molar-refractivity contribution in [2.75, 3.05) is 21.1 Å². The average Bonchev–Trinajstić information content (AvgIpc) is 3.10. The fourth-order valence-corrected chi connectivity index (χ4v) is 2.91. The summed E-state index contributed by atoms with van der Waals surface area (Å²) in [7, 11) is 5.21. The van der Waals surface area contributed by atoms with Gasteiger partial charge in [-0.25, -0.2) is 0 Å². The molecule has 0 aliphatic carbocycles. The molecule has 0 saturated carbocycles. The molecular formula is C20H21F3N6O2. The zero-order chi connectivity index (χ0) is 22.8. The maximum absolute atomic E-state index is 13.7. The first kappa shape index (κ1) is 22.1. The van der Waals surface area contributed by atoms with Gasteiger partial charge in [0.25, 0.3) is 5.91 Å². The molecule has 0 fully saturated rings. The third-order valence-corrected chi connectivity index (χ3v) is 4.23. The molecule has 3 aromatic rings. The number of ether oxygens (including phenoxy) is 1. The maximum Gasteiger partial charge on any atom is 0.417 e. The number of aliphatic imine (C=N–C) groups is 1. The molecule has 11 heteroatoms. The van der Waals surface area contributed by atoms with Gasteiger partial charge in [-0.2, -0.15) is 18.2 Å². The van der Waals surface area contributed by atoms with Gasteiger partial charge in [0.05, 0.1) is 16.8 Å². The van der Waals surface area contributed by atoms with Gasteiger partial charge in [-0.3, -0.25) is 9.78 Å². The summed E-state index contributed by atoms with van der Waals surface area (Å²) in [5.74, 6) is -0.662. The highest BCUT2D eigenvalue weighted by atomic mass is 19.4. The zero-order valence-corrected chi connectivity index (χ0v) is 17.0. The molecule has 0 spiro atoms. The Balaban J connectivity index is 2.03. The van der Waals surface area contributed by atoms with Crippen LogP contribution in [0.25, 0.3) is 10.9 Å². The summed E-state index contributed by atoms with van der Waals surface area (Å²) in [5.41, 5.74) is 5.16. The van der Waals surface area contributed by atoms with Crippen LogP contribution in [-0.2, 0) is 12.7 Å². The third-order valence-electron chi connectivity index (χ3n) is 4.23. The molecule has 0 radical (unpaired) electrons. The number of H-pyrrole nitrogens is 1. The van der Waals surface area contributed by atoms with E-state index < -0.39 is 17.6 Å². The third kappa shape index (κ3) is 5.31. The molecule has 4 N–H and O–H groups in total. The van der Waals surface area contributed by atoms with Crippen molar-refractivity contribution in [3.63, 3.8) is 0 Å². The summed E-state index contributed by atoms with van der Waals surface area (Å²) in [6, 6.07) is 6.57. The molecule has 0 aliphatic heterocycles. The van der Waals surface area contributed by atoms with Crippen molar-refractivity contribution >= 4 is 22.8 Å². The summed E-state index contributed by atoms with van der Waals surface area (Å²) < 4.78 is 46.8. The van der Waals surface area contributed by atoms with Crippen LogP contribution in [0.1, 0.15) is 21.7 Å². The molecule has 0 atom stereocenters. The SMILES string of the molecule is CNC(N)=NC(=O)c1cc2c(C(F)(F)F)cc(Oc3ccnc(CN(C)C)c3)cc2[nH]1. The van der Waals surface area contributed by atoms with Crippen molar-refractivity contribution in [3.05, 3.63) is 53.5 Å². The highest BCUT2D eigenvalue weighted by Gasteiger charge is 2.34. The van der Waals surface area contributed by atoms with E-state index >= 15 is 0 Å². The molecule has 31 heavy (non-hydrogen) atoms. The second-order valence-electron chi connectivity index (χ2n) is 6.99. The minimum absolute atomic E-state index is 0.0408. The number of aromatic amines is 1. The van der Waals surface area contributed by atoms with Crippen molar-refractivity contribution in [1.29, 1.82) is 0 Å². The molecule has 0 saturated heterocycles. The molecule has 0 aliphatic rings. The molecule has 3 rings (SSSR count). The van der Waals surface area contributed by atoms with Crippen molar-refractivity contribution in [1.82, 2.24) is 20.2 Å². The Hall–Kier alpha value is -3.60. The quantitative estimate of drug-likeness (QED) is 0.421. The molecule has 1 amide bonds. The van der Waals surface area contributed by atoms with Crippen LogP contribution in [-0.4, -0.2) is 47.9 Å². The highest BCUT2D eigenvalue weighted by Crippen LogP contribution is 2.39. The number of hydrogen-bond acceptors (Lipinski definition) is 4. The van der Waals surface area contributed by atoms with Crippen molar-refractivity contribution in [2.24, 2.45) is 10.7 Å². The van der Waals surface area contributed by atoms with Gasteiger partial charge >= 0.3 is 6.18 Å². The lowest BCUT2D eigenvalue weighted by Gasteiger charge is -2.13. The summed E-state index contributed by atoms with van der Waals surface area (Å²) in [4.78, 5) is 24.5. The van der Waals surface area contributed by atoms with Gasteiger partial charge in [-0.1, -0.05) is 0 Å². The molecule has 2 heterocycles. The number of aromatic nitrogens is 2. The van der Waals surface area contributed by atoms with Crippen molar-refractivity contribution < 1.29 is 22.7 Å². The minimum atomic E-state index is -4.66. The van der Waals surface area contributed by atoms with Crippen LogP contribution in [0.5, 0.6) is 11.5 Å². The van der Waals surface area contributed by atoms with E-state index in [1.165, 1.54) is 19.3 Å². The number of nitrogens with zero attached hydrogens (tertiary/aromatic N) is 3. The van der Waals surface area contributed by atoms with Gasteiger partial charge in [-0.05, 0) is 32.3 Å². The number of hydrogen-bond donors (Lipinski definition) is 3. The van der Waals surface area contributed by atoms with Gasteiger partial charge in [0, 0.05) is 37.3 Å². The predicted molar refractivity (Wildman–Crippen MR) is 110 cm³/mol. The number of amides is 1. The van der Waals surface area contributed by atoms with Gasteiger partial charge in [-0.15, -0.1) is 0 Å². The Morgan fingerprint density at radius 3 is 2.65 bits per heavy atom. The monoisotopic (exact) mass is 434 g/mol. The van der Waals surface area contributed by atoms with E-state index in [0.29, 0.717) is 18.0 Å². The normalized spacial score (nSPS) is 12.4.